The molecule has 7 nitrogen and oxygen atoms in total. The van der Waals surface area contributed by atoms with Crippen LogP contribution in [0.4, 0.5) is 5.69 Å². The maximum atomic E-state index is 12.9. The quantitative estimate of drug-likeness (QED) is 0.741. The number of carbonyl (C=O) groups excluding carboxylic acids is 2. The van der Waals surface area contributed by atoms with E-state index in [0.29, 0.717) is 34.0 Å². The van der Waals surface area contributed by atoms with E-state index in [1.54, 1.807) is 25.2 Å². The van der Waals surface area contributed by atoms with Crippen molar-refractivity contribution in [1.82, 2.24) is 15.0 Å². The lowest BCUT2D eigenvalue weighted by Crippen LogP contribution is -2.20. The Hall–Kier alpha value is -3.35. The monoisotopic (exact) mass is 366 g/mol. The minimum absolute atomic E-state index is 0.192. The molecule has 0 unspecified atom stereocenters. The molecule has 2 N–H and O–H groups in total. The third-order valence-corrected chi connectivity index (χ3v) is 4.57. The van der Waals surface area contributed by atoms with E-state index in [2.05, 4.69) is 15.8 Å². The summed E-state index contributed by atoms with van der Waals surface area (Å²) < 4.78 is 7.02. The minimum atomic E-state index is -0.244. The largest absolute Gasteiger partial charge is 0.360 e. The first-order valence-electron chi connectivity index (χ1n) is 8.59. The second-order valence-corrected chi connectivity index (χ2v) is 6.43. The number of carbonyl (C=O) groups is 2. The maximum Gasteiger partial charge on any atom is 0.257 e. The molecule has 3 rings (SSSR count). The second-order valence-electron chi connectivity index (χ2n) is 6.43. The Morgan fingerprint density at radius 3 is 2.41 bits per heavy atom. The second kappa shape index (κ2) is 7.11. The van der Waals surface area contributed by atoms with E-state index in [1.807, 2.05) is 44.4 Å². The number of anilines is 1. The zero-order valence-electron chi connectivity index (χ0n) is 16.0. The van der Waals surface area contributed by atoms with E-state index >= 15 is 0 Å². The zero-order chi connectivity index (χ0) is 19.7. The normalized spacial score (nSPS) is 10.7. The molecule has 7 heteroatoms. The number of nitrogens with zero attached hydrogens (tertiary/aromatic N) is 2. The summed E-state index contributed by atoms with van der Waals surface area (Å²) in [4.78, 5) is 24.8. The predicted molar refractivity (Wildman–Crippen MR) is 103 cm³/mol. The molecule has 0 aliphatic rings. The predicted octanol–water partition coefficient (Wildman–Crippen LogP) is 3.31. The molecule has 2 amide bonds. The van der Waals surface area contributed by atoms with Crippen LogP contribution in [0, 0.1) is 27.7 Å². The van der Waals surface area contributed by atoms with Gasteiger partial charge in [0, 0.05) is 35.8 Å². The first-order valence-corrected chi connectivity index (χ1v) is 8.59. The van der Waals surface area contributed by atoms with Crippen molar-refractivity contribution in [2.75, 3.05) is 12.4 Å². The number of rotatable bonds is 4. The Morgan fingerprint density at radius 2 is 1.78 bits per heavy atom. The van der Waals surface area contributed by atoms with Crippen LogP contribution in [0.15, 0.2) is 34.9 Å². The number of aromatic nitrogens is 2. The number of benzene rings is 1. The molecule has 0 atom stereocenters. The number of aryl methyl sites for hydroxylation is 2. The fourth-order valence-electron chi connectivity index (χ4n) is 3.15. The van der Waals surface area contributed by atoms with Crippen LogP contribution in [0.3, 0.4) is 0 Å². The average Bonchev–Trinajstić information content (AvgIpc) is 3.18. The topological polar surface area (TPSA) is 89.2 Å². The van der Waals surface area contributed by atoms with Crippen LogP contribution in [0.2, 0.25) is 0 Å². The molecular formula is C20H22N4O3. The molecule has 0 spiro atoms. The number of hydrogen-bond donors (Lipinski definition) is 2. The van der Waals surface area contributed by atoms with Gasteiger partial charge in [0.1, 0.15) is 5.76 Å². The maximum absolute atomic E-state index is 12.9. The molecule has 27 heavy (non-hydrogen) atoms. The van der Waals surface area contributed by atoms with Crippen molar-refractivity contribution in [3.05, 3.63) is 64.2 Å². The molecule has 0 aliphatic heterocycles. The van der Waals surface area contributed by atoms with Gasteiger partial charge >= 0.3 is 0 Å². The lowest BCUT2D eigenvalue weighted by Gasteiger charge is -2.12. The Labute approximate surface area is 157 Å². The van der Waals surface area contributed by atoms with Crippen LogP contribution < -0.4 is 10.6 Å². The Kier molecular flexibility index (Phi) is 4.85. The lowest BCUT2D eigenvalue weighted by molar-refractivity contribution is 0.0960. The van der Waals surface area contributed by atoms with E-state index in [-0.39, 0.29) is 11.8 Å². The number of amides is 2. The molecule has 0 aliphatic carbocycles. The molecule has 0 saturated carbocycles. The van der Waals surface area contributed by atoms with Gasteiger partial charge in [-0.3, -0.25) is 14.2 Å². The Balaban J connectivity index is 1.93. The van der Waals surface area contributed by atoms with Crippen molar-refractivity contribution in [2.24, 2.45) is 0 Å². The smallest absolute Gasteiger partial charge is 0.257 e. The van der Waals surface area contributed by atoms with Crippen molar-refractivity contribution in [3.8, 4) is 5.82 Å². The van der Waals surface area contributed by atoms with E-state index in [4.69, 9.17) is 4.52 Å². The zero-order valence-corrected chi connectivity index (χ0v) is 16.0. The highest BCUT2D eigenvalue weighted by atomic mass is 16.5. The summed E-state index contributed by atoms with van der Waals surface area (Å²) in [6, 6.07) is 8.88. The molecule has 0 bridgehead atoms. The van der Waals surface area contributed by atoms with E-state index in [1.165, 1.54) is 0 Å². The van der Waals surface area contributed by atoms with Crippen LogP contribution in [-0.2, 0) is 0 Å². The van der Waals surface area contributed by atoms with Crippen LogP contribution in [0.5, 0.6) is 0 Å². The molecule has 0 radical (unpaired) electrons. The van der Waals surface area contributed by atoms with Gasteiger partial charge in [-0.05, 0) is 51.5 Å². The van der Waals surface area contributed by atoms with Gasteiger partial charge in [-0.25, -0.2) is 0 Å². The standard InChI is InChI=1S/C20H22N4O3/c1-11-9-16(14(4)24(11)18-10-12(2)27-23-18)20(26)22-17-8-6-7-15(13(17)3)19(25)21-5/h6-10H,1-5H3,(H,21,25)(H,22,26). The van der Waals surface area contributed by atoms with Gasteiger partial charge in [-0.1, -0.05) is 11.2 Å². The molecule has 0 saturated heterocycles. The minimum Gasteiger partial charge on any atom is -0.360 e. The van der Waals surface area contributed by atoms with Gasteiger partial charge in [0.2, 0.25) is 0 Å². The number of hydrogen-bond acceptors (Lipinski definition) is 4. The summed E-state index contributed by atoms with van der Waals surface area (Å²) in [5.41, 5.74) is 4.02. The fraction of sp³-hybridized carbons (Fsp3) is 0.250. The van der Waals surface area contributed by atoms with Crippen molar-refractivity contribution in [3.63, 3.8) is 0 Å². The highest BCUT2D eigenvalue weighted by Crippen LogP contribution is 2.24. The molecule has 140 valence electrons. The van der Waals surface area contributed by atoms with Gasteiger partial charge < -0.3 is 15.2 Å². The van der Waals surface area contributed by atoms with Crippen LogP contribution in [-0.4, -0.2) is 28.6 Å². The van der Waals surface area contributed by atoms with Gasteiger partial charge in [0.25, 0.3) is 11.8 Å². The van der Waals surface area contributed by atoms with E-state index in [9.17, 15) is 9.59 Å². The molecule has 2 heterocycles. The summed E-state index contributed by atoms with van der Waals surface area (Å²) in [5.74, 6) is 0.902. The fourth-order valence-corrected chi connectivity index (χ4v) is 3.15. The van der Waals surface area contributed by atoms with Gasteiger partial charge in [-0.2, -0.15) is 0 Å². The number of nitrogens with one attached hydrogen (secondary N) is 2. The Morgan fingerprint density at radius 1 is 1.04 bits per heavy atom. The first kappa shape index (κ1) is 18.4. The first-order chi connectivity index (χ1) is 12.8. The van der Waals surface area contributed by atoms with Crippen LogP contribution >= 0.6 is 0 Å². The van der Waals surface area contributed by atoms with Crippen molar-refractivity contribution >= 4 is 17.5 Å². The summed E-state index contributed by atoms with van der Waals surface area (Å²) in [6.45, 7) is 7.40. The van der Waals surface area contributed by atoms with Gasteiger partial charge in [-0.15, -0.1) is 0 Å². The summed E-state index contributed by atoms with van der Waals surface area (Å²) in [5, 5.41) is 9.54. The van der Waals surface area contributed by atoms with Gasteiger partial charge in [0.15, 0.2) is 5.82 Å². The van der Waals surface area contributed by atoms with Gasteiger partial charge in [0.05, 0.1) is 5.56 Å². The van der Waals surface area contributed by atoms with Crippen molar-refractivity contribution < 1.29 is 14.1 Å². The van der Waals surface area contributed by atoms with E-state index < -0.39 is 0 Å². The van der Waals surface area contributed by atoms with E-state index in [0.717, 1.165) is 11.4 Å². The summed E-state index contributed by atoms with van der Waals surface area (Å²) >= 11 is 0. The summed E-state index contributed by atoms with van der Waals surface area (Å²) in [6.07, 6.45) is 0. The Bertz CT molecular complexity index is 1030. The molecule has 2 aromatic heterocycles. The molecular weight excluding hydrogens is 344 g/mol. The highest BCUT2D eigenvalue weighted by Gasteiger charge is 2.20. The molecule has 0 fully saturated rings. The molecule has 3 aromatic rings. The third kappa shape index (κ3) is 3.36. The van der Waals surface area contributed by atoms with Crippen molar-refractivity contribution in [2.45, 2.75) is 27.7 Å². The lowest BCUT2D eigenvalue weighted by atomic mass is 10.1. The highest BCUT2D eigenvalue weighted by molar-refractivity contribution is 6.07. The summed E-state index contributed by atoms with van der Waals surface area (Å²) in [7, 11) is 1.58. The molecule has 1 aromatic carbocycles. The van der Waals surface area contributed by atoms with Crippen molar-refractivity contribution in [1.29, 1.82) is 0 Å². The third-order valence-electron chi connectivity index (χ3n) is 4.57. The SMILES string of the molecule is CNC(=O)c1cccc(NC(=O)c2cc(C)n(-c3cc(C)on3)c2C)c1C. The average molecular weight is 366 g/mol. The van der Waals surface area contributed by atoms with Crippen LogP contribution in [0.25, 0.3) is 5.82 Å². The van der Waals surface area contributed by atoms with Crippen LogP contribution in [0.1, 0.15) is 43.4 Å².